The third kappa shape index (κ3) is 3.85. The van der Waals surface area contributed by atoms with Gasteiger partial charge >= 0.3 is 0 Å². The zero-order chi connectivity index (χ0) is 24.0. The van der Waals surface area contributed by atoms with Crippen LogP contribution in [0.3, 0.4) is 0 Å². The number of nitrogens with one attached hydrogen (secondary N) is 2. The van der Waals surface area contributed by atoms with E-state index in [9.17, 15) is 18.8 Å². The van der Waals surface area contributed by atoms with Gasteiger partial charge in [0.15, 0.2) is 0 Å². The molecule has 34 heavy (non-hydrogen) atoms. The van der Waals surface area contributed by atoms with Crippen LogP contribution in [0.1, 0.15) is 54.4 Å². The van der Waals surface area contributed by atoms with Gasteiger partial charge in [-0.15, -0.1) is 0 Å². The molecule has 0 bridgehead atoms. The molecule has 5 rings (SSSR count). The van der Waals surface area contributed by atoms with Crippen molar-refractivity contribution < 1.29 is 14.0 Å². The summed E-state index contributed by atoms with van der Waals surface area (Å²) in [5.41, 5.74) is 1.39. The van der Waals surface area contributed by atoms with Crippen LogP contribution in [0, 0.1) is 5.82 Å². The van der Waals surface area contributed by atoms with Crippen molar-refractivity contribution in [3.05, 3.63) is 57.5 Å². The Labute approximate surface area is 194 Å². The molecule has 0 atom stereocenters. The molecular formula is C23H26FN7O3. The predicted molar refractivity (Wildman–Crippen MR) is 122 cm³/mol. The summed E-state index contributed by atoms with van der Waals surface area (Å²) in [7, 11) is 0. The number of hydrogen-bond donors (Lipinski definition) is 2. The molecule has 5 heterocycles. The van der Waals surface area contributed by atoms with Crippen LogP contribution in [0.2, 0.25) is 0 Å². The van der Waals surface area contributed by atoms with Crippen LogP contribution in [0.4, 0.5) is 10.2 Å². The summed E-state index contributed by atoms with van der Waals surface area (Å²) in [6.07, 6.45) is 2.81. The lowest BCUT2D eigenvalue weighted by Crippen LogP contribution is -2.32. The zero-order valence-corrected chi connectivity index (χ0v) is 19.0. The van der Waals surface area contributed by atoms with Crippen molar-refractivity contribution >= 4 is 23.3 Å². The number of hydrogen-bond acceptors (Lipinski definition) is 6. The van der Waals surface area contributed by atoms with Gasteiger partial charge in [0.25, 0.3) is 11.5 Å². The Morgan fingerprint density at radius 3 is 2.71 bits per heavy atom. The van der Waals surface area contributed by atoms with Gasteiger partial charge in [-0.05, 0) is 51.9 Å². The molecule has 2 N–H and O–H groups in total. The Morgan fingerprint density at radius 2 is 2.03 bits per heavy atom. The Hall–Kier alpha value is -3.60. The number of pyridine rings is 1. The van der Waals surface area contributed by atoms with Gasteiger partial charge in [0.05, 0.1) is 24.0 Å². The number of amides is 2. The lowest BCUT2D eigenvalue weighted by atomic mass is 9.95. The summed E-state index contributed by atoms with van der Waals surface area (Å²) >= 11 is 0. The summed E-state index contributed by atoms with van der Waals surface area (Å²) in [4.78, 5) is 45.0. The molecule has 0 unspecified atom stereocenters. The van der Waals surface area contributed by atoms with Crippen LogP contribution in [0.15, 0.2) is 29.2 Å². The van der Waals surface area contributed by atoms with Gasteiger partial charge in [0.2, 0.25) is 5.91 Å². The lowest BCUT2D eigenvalue weighted by Gasteiger charge is -2.20. The second kappa shape index (κ2) is 8.64. The molecule has 10 nitrogen and oxygen atoms in total. The number of piperidine rings is 1. The third-order valence-corrected chi connectivity index (χ3v) is 6.46. The van der Waals surface area contributed by atoms with E-state index in [-0.39, 0.29) is 48.0 Å². The highest BCUT2D eigenvalue weighted by Crippen LogP contribution is 2.28. The number of halogens is 1. The molecule has 0 radical (unpaired) electrons. The quantitative estimate of drug-likeness (QED) is 0.588. The fourth-order valence-corrected chi connectivity index (χ4v) is 4.67. The van der Waals surface area contributed by atoms with Gasteiger partial charge in [-0.1, -0.05) is 0 Å². The van der Waals surface area contributed by atoms with Crippen LogP contribution in [0.5, 0.6) is 0 Å². The first-order chi connectivity index (χ1) is 16.3. The normalized spacial score (nSPS) is 16.5. The second-order valence-corrected chi connectivity index (χ2v) is 9.02. The average Bonchev–Trinajstić information content (AvgIpc) is 3.42. The molecule has 178 valence electrons. The fourth-order valence-electron chi connectivity index (χ4n) is 4.67. The molecule has 11 heteroatoms. The Bertz CT molecular complexity index is 1320. The second-order valence-electron chi connectivity index (χ2n) is 9.02. The van der Waals surface area contributed by atoms with Crippen molar-refractivity contribution in [3.63, 3.8) is 0 Å². The largest absolute Gasteiger partial charge is 0.330 e. The molecule has 2 aliphatic rings. The van der Waals surface area contributed by atoms with E-state index in [0.717, 1.165) is 37.8 Å². The number of nitrogens with zero attached hydrogens (tertiary/aromatic N) is 5. The maximum absolute atomic E-state index is 13.3. The zero-order valence-electron chi connectivity index (χ0n) is 19.0. The molecular weight excluding hydrogens is 441 g/mol. The van der Waals surface area contributed by atoms with Crippen LogP contribution in [-0.4, -0.2) is 55.0 Å². The molecule has 3 aromatic rings. The average molecular weight is 468 g/mol. The number of aromatic nitrogens is 4. The van der Waals surface area contributed by atoms with E-state index in [2.05, 4.69) is 20.7 Å². The van der Waals surface area contributed by atoms with E-state index < -0.39 is 11.7 Å². The van der Waals surface area contributed by atoms with Gasteiger partial charge < -0.3 is 20.1 Å². The van der Waals surface area contributed by atoms with Crippen LogP contribution in [-0.2, 0) is 17.9 Å². The number of carbonyl (C=O) groups is 2. The molecule has 0 aliphatic carbocycles. The van der Waals surface area contributed by atoms with Crippen LogP contribution in [0.25, 0.3) is 5.65 Å². The maximum Gasteiger partial charge on any atom is 0.280 e. The van der Waals surface area contributed by atoms with E-state index in [1.165, 1.54) is 16.6 Å². The molecule has 1 saturated heterocycles. The molecule has 2 amide bonds. The van der Waals surface area contributed by atoms with E-state index in [1.54, 1.807) is 9.47 Å². The molecule has 0 saturated carbocycles. The monoisotopic (exact) mass is 467 g/mol. The van der Waals surface area contributed by atoms with Gasteiger partial charge in [-0.2, -0.15) is 9.61 Å². The van der Waals surface area contributed by atoms with E-state index in [4.69, 9.17) is 0 Å². The van der Waals surface area contributed by atoms with Crippen molar-refractivity contribution in [2.45, 2.75) is 51.7 Å². The minimum absolute atomic E-state index is 0.109. The van der Waals surface area contributed by atoms with Gasteiger partial charge in [-0.25, -0.2) is 9.37 Å². The summed E-state index contributed by atoms with van der Waals surface area (Å²) in [5, 5.41) is 10.6. The highest BCUT2D eigenvalue weighted by Gasteiger charge is 2.36. The topological polar surface area (TPSA) is 114 Å². The first kappa shape index (κ1) is 22.2. The summed E-state index contributed by atoms with van der Waals surface area (Å²) in [5.74, 6) is -0.862. The van der Waals surface area contributed by atoms with Crippen molar-refractivity contribution in [2.24, 2.45) is 0 Å². The van der Waals surface area contributed by atoms with Crippen molar-refractivity contribution in [2.75, 3.05) is 18.4 Å². The number of fused-ring (bicyclic) bond motifs is 2. The van der Waals surface area contributed by atoms with Crippen LogP contribution < -0.4 is 16.2 Å². The summed E-state index contributed by atoms with van der Waals surface area (Å²) in [6, 6.07) is 4.26. The summed E-state index contributed by atoms with van der Waals surface area (Å²) in [6.45, 7) is 5.45. The highest BCUT2D eigenvalue weighted by atomic mass is 19.1. The molecule has 1 fully saturated rings. The fraction of sp³-hybridized carbons (Fsp3) is 0.435. The van der Waals surface area contributed by atoms with Gasteiger partial charge in [0.1, 0.15) is 29.5 Å². The molecule has 3 aromatic heterocycles. The van der Waals surface area contributed by atoms with E-state index in [0.29, 0.717) is 11.2 Å². The van der Waals surface area contributed by atoms with Crippen LogP contribution >= 0.6 is 0 Å². The third-order valence-electron chi connectivity index (χ3n) is 6.46. The minimum Gasteiger partial charge on any atom is -0.330 e. The Balaban J connectivity index is 1.59. The number of carbonyl (C=O) groups excluding carboxylic acids is 2. The Morgan fingerprint density at radius 1 is 1.26 bits per heavy atom. The van der Waals surface area contributed by atoms with Gasteiger partial charge in [-0.3, -0.25) is 14.4 Å². The first-order valence-electron chi connectivity index (χ1n) is 11.4. The number of anilines is 1. The molecule has 2 aliphatic heterocycles. The van der Waals surface area contributed by atoms with E-state index >= 15 is 0 Å². The van der Waals surface area contributed by atoms with Crippen molar-refractivity contribution in [1.82, 2.24) is 29.4 Å². The molecule has 0 aromatic carbocycles. The Kier molecular flexibility index (Phi) is 5.64. The highest BCUT2D eigenvalue weighted by molar-refractivity contribution is 5.98. The lowest BCUT2D eigenvalue weighted by molar-refractivity contribution is -0.116. The first-order valence-corrected chi connectivity index (χ1v) is 11.4. The van der Waals surface area contributed by atoms with Gasteiger partial charge in [0, 0.05) is 18.0 Å². The summed E-state index contributed by atoms with van der Waals surface area (Å²) < 4.78 is 16.1. The minimum atomic E-state index is -0.512. The predicted octanol–water partition coefficient (Wildman–Crippen LogP) is 1.50. The standard InChI is InChI=1S/C23H26FN7O3/c1-13(2)29-11-16-21(23(29)34)30(12-19(32)27-18-4-3-15(24)10-26-18)20-9-17(28-31(20)22(16)33)14-5-7-25-8-6-14/h3-4,9-10,13-14,25H,5-8,11-12H2,1-2H3,(H,26,27,32). The maximum atomic E-state index is 13.3. The van der Waals surface area contributed by atoms with Crippen molar-refractivity contribution in [3.8, 4) is 0 Å². The van der Waals surface area contributed by atoms with Crippen molar-refractivity contribution in [1.29, 1.82) is 0 Å². The molecule has 0 spiro atoms. The smallest absolute Gasteiger partial charge is 0.280 e. The SMILES string of the molecule is CC(C)N1Cc2c(n(CC(=O)Nc3ccc(F)cn3)c3cc(C4CCNCC4)nn3c2=O)C1=O. The van der Waals surface area contributed by atoms with E-state index in [1.807, 2.05) is 19.9 Å². The number of rotatable bonds is 5.